The molecule has 0 radical (unpaired) electrons. The average molecular weight is 375 g/mol. The summed E-state index contributed by atoms with van der Waals surface area (Å²) in [5, 5.41) is 8.28. The Kier molecular flexibility index (Phi) is 4.83. The number of aromatic nitrogens is 2. The summed E-state index contributed by atoms with van der Waals surface area (Å²) in [5.41, 5.74) is -0.0236. The van der Waals surface area contributed by atoms with Crippen LogP contribution in [0.4, 0.5) is 11.6 Å². The van der Waals surface area contributed by atoms with Crippen LogP contribution in [0.3, 0.4) is 0 Å². The maximum atomic E-state index is 12.5. The maximum absolute atomic E-state index is 12.5. The van der Waals surface area contributed by atoms with Crippen LogP contribution in [0.2, 0.25) is 0 Å². The molecular formula is C20H17N5O3. The first kappa shape index (κ1) is 17.5. The number of aromatic amines is 1. The SMILES string of the molecule is O=C(Nc1cnc(N2CCC=N2)[nH]c1=O)c1cccc(Oc2ccccc2)c1. The van der Waals surface area contributed by atoms with Gasteiger partial charge in [0.2, 0.25) is 5.95 Å². The van der Waals surface area contributed by atoms with Gasteiger partial charge in [-0.15, -0.1) is 0 Å². The first-order valence-corrected chi connectivity index (χ1v) is 8.73. The number of hydrogen-bond donors (Lipinski definition) is 2. The standard InChI is InChI=1S/C20H17N5O3/c26-18(14-6-4-9-16(12-14)28-15-7-2-1-3-8-15)23-17-13-21-20(24-19(17)27)25-11-5-10-22-25/h1-4,6-10,12-13H,5,11H2,(H,23,26)(H,21,24,27). The molecule has 0 atom stereocenters. The zero-order valence-electron chi connectivity index (χ0n) is 14.8. The number of ether oxygens (including phenoxy) is 1. The van der Waals surface area contributed by atoms with Crippen molar-refractivity contribution in [3.63, 3.8) is 0 Å². The highest BCUT2D eigenvalue weighted by Gasteiger charge is 2.14. The monoisotopic (exact) mass is 375 g/mol. The van der Waals surface area contributed by atoms with Crippen LogP contribution in [0.1, 0.15) is 16.8 Å². The van der Waals surface area contributed by atoms with Gasteiger partial charge in [-0.2, -0.15) is 5.10 Å². The molecule has 140 valence electrons. The zero-order chi connectivity index (χ0) is 19.3. The number of para-hydroxylation sites is 1. The third kappa shape index (κ3) is 3.90. The molecule has 0 aliphatic carbocycles. The van der Waals surface area contributed by atoms with Gasteiger partial charge in [0.15, 0.2) is 0 Å². The maximum Gasteiger partial charge on any atom is 0.276 e. The second-order valence-electron chi connectivity index (χ2n) is 6.06. The van der Waals surface area contributed by atoms with Gasteiger partial charge in [-0.1, -0.05) is 24.3 Å². The van der Waals surface area contributed by atoms with Crippen LogP contribution in [-0.2, 0) is 0 Å². The first-order chi connectivity index (χ1) is 13.7. The molecule has 0 spiro atoms. The summed E-state index contributed by atoms with van der Waals surface area (Å²) in [4.78, 5) is 31.6. The van der Waals surface area contributed by atoms with Crippen LogP contribution < -0.4 is 20.6 Å². The van der Waals surface area contributed by atoms with Crippen molar-refractivity contribution in [2.75, 3.05) is 16.9 Å². The molecule has 1 aliphatic heterocycles. The van der Waals surface area contributed by atoms with Gasteiger partial charge < -0.3 is 10.1 Å². The molecule has 1 amide bonds. The molecule has 8 heteroatoms. The lowest BCUT2D eigenvalue weighted by atomic mass is 10.2. The Hall–Kier alpha value is -3.94. The third-order valence-electron chi connectivity index (χ3n) is 4.04. The number of hydrogen-bond acceptors (Lipinski definition) is 6. The van der Waals surface area contributed by atoms with E-state index in [-0.39, 0.29) is 5.69 Å². The van der Waals surface area contributed by atoms with E-state index in [0.29, 0.717) is 29.6 Å². The number of anilines is 2. The Morgan fingerprint density at radius 3 is 2.68 bits per heavy atom. The summed E-state index contributed by atoms with van der Waals surface area (Å²) in [5.74, 6) is 1.10. The van der Waals surface area contributed by atoms with Crippen LogP contribution in [0, 0.1) is 0 Å². The third-order valence-corrected chi connectivity index (χ3v) is 4.04. The number of carbonyl (C=O) groups is 1. The van der Waals surface area contributed by atoms with E-state index in [1.54, 1.807) is 35.5 Å². The average Bonchev–Trinajstić information content (AvgIpc) is 3.25. The van der Waals surface area contributed by atoms with E-state index >= 15 is 0 Å². The van der Waals surface area contributed by atoms with Gasteiger partial charge in [-0.3, -0.25) is 14.6 Å². The van der Waals surface area contributed by atoms with Crippen molar-refractivity contribution in [2.45, 2.75) is 6.42 Å². The van der Waals surface area contributed by atoms with Crippen molar-refractivity contribution in [2.24, 2.45) is 5.10 Å². The lowest BCUT2D eigenvalue weighted by Crippen LogP contribution is -2.24. The lowest BCUT2D eigenvalue weighted by molar-refractivity contribution is 0.102. The zero-order valence-corrected chi connectivity index (χ0v) is 14.8. The van der Waals surface area contributed by atoms with Gasteiger partial charge in [-0.25, -0.2) is 9.99 Å². The number of rotatable bonds is 5. The van der Waals surface area contributed by atoms with Gasteiger partial charge in [-0.05, 0) is 30.3 Å². The van der Waals surface area contributed by atoms with Crippen molar-refractivity contribution >= 4 is 23.8 Å². The van der Waals surface area contributed by atoms with Gasteiger partial charge in [0.1, 0.15) is 17.2 Å². The molecule has 1 aromatic heterocycles. The summed E-state index contributed by atoms with van der Waals surface area (Å²) >= 11 is 0. The van der Waals surface area contributed by atoms with Crippen molar-refractivity contribution in [3.05, 3.63) is 76.7 Å². The van der Waals surface area contributed by atoms with E-state index < -0.39 is 11.5 Å². The predicted octanol–water partition coefficient (Wildman–Crippen LogP) is 3.01. The molecule has 2 heterocycles. The van der Waals surface area contributed by atoms with E-state index in [0.717, 1.165) is 6.42 Å². The molecule has 3 aromatic rings. The highest BCUT2D eigenvalue weighted by Crippen LogP contribution is 2.22. The van der Waals surface area contributed by atoms with Crippen molar-refractivity contribution in [1.29, 1.82) is 0 Å². The molecule has 2 N–H and O–H groups in total. The number of amides is 1. The number of nitrogens with zero attached hydrogens (tertiary/aromatic N) is 3. The number of benzene rings is 2. The fraction of sp³-hybridized carbons (Fsp3) is 0.100. The van der Waals surface area contributed by atoms with Crippen LogP contribution in [0.15, 0.2) is 70.7 Å². The van der Waals surface area contributed by atoms with E-state index in [9.17, 15) is 9.59 Å². The Labute approximate surface area is 160 Å². The smallest absolute Gasteiger partial charge is 0.276 e. The minimum absolute atomic E-state index is 0.0614. The number of nitrogens with one attached hydrogen (secondary N) is 2. The summed E-state index contributed by atoms with van der Waals surface area (Å²) in [6, 6.07) is 16.0. The molecule has 8 nitrogen and oxygen atoms in total. The molecular weight excluding hydrogens is 358 g/mol. The summed E-state index contributed by atoms with van der Waals surface area (Å²) in [6.07, 6.45) is 3.87. The Morgan fingerprint density at radius 1 is 1.11 bits per heavy atom. The molecule has 28 heavy (non-hydrogen) atoms. The van der Waals surface area contributed by atoms with Gasteiger partial charge in [0, 0.05) is 24.7 Å². The molecule has 1 aliphatic rings. The second-order valence-corrected chi connectivity index (χ2v) is 6.06. The Bertz CT molecular complexity index is 1080. The van der Waals surface area contributed by atoms with E-state index in [1.807, 2.05) is 30.3 Å². The number of carbonyl (C=O) groups excluding carboxylic acids is 1. The Morgan fingerprint density at radius 2 is 1.93 bits per heavy atom. The molecule has 0 bridgehead atoms. The molecule has 0 saturated heterocycles. The molecule has 0 fully saturated rings. The summed E-state index contributed by atoms with van der Waals surface area (Å²) in [6.45, 7) is 0.656. The minimum atomic E-state index is -0.447. The predicted molar refractivity (Wildman–Crippen MR) is 106 cm³/mol. The van der Waals surface area contributed by atoms with Crippen molar-refractivity contribution in [3.8, 4) is 11.5 Å². The molecule has 0 unspecified atom stereocenters. The largest absolute Gasteiger partial charge is 0.457 e. The molecule has 2 aromatic carbocycles. The summed E-state index contributed by atoms with van der Waals surface area (Å²) in [7, 11) is 0. The van der Waals surface area contributed by atoms with Crippen molar-refractivity contribution < 1.29 is 9.53 Å². The van der Waals surface area contributed by atoms with Gasteiger partial charge in [0.25, 0.3) is 11.5 Å². The topological polar surface area (TPSA) is 99.7 Å². The summed E-state index contributed by atoms with van der Waals surface area (Å²) < 4.78 is 5.74. The lowest BCUT2D eigenvalue weighted by Gasteiger charge is -2.12. The van der Waals surface area contributed by atoms with E-state index in [2.05, 4.69) is 20.4 Å². The molecule has 4 rings (SSSR count). The van der Waals surface area contributed by atoms with Crippen LogP contribution in [-0.4, -0.2) is 28.6 Å². The first-order valence-electron chi connectivity index (χ1n) is 8.73. The van der Waals surface area contributed by atoms with Crippen LogP contribution in [0.25, 0.3) is 0 Å². The van der Waals surface area contributed by atoms with Crippen LogP contribution >= 0.6 is 0 Å². The van der Waals surface area contributed by atoms with Crippen molar-refractivity contribution in [1.82, 2.24) is 9.97 Å². The highest BCUT2D eigenvalue weighted by atomic mass is 16.5. The quantitative estimate of drug-likeness (QED) is 0.714. The van der Waals surface area contributed by atoms with Gasteiger partial charge >= 0.3 is 0 Å². The highest BCUT2D eigenvalue weighted by molar-refractivity contribution is 6.04. The van der Waals surface area contributed by atoms with E-state index in [1.165, 1.54) is 6.20 Å². The minimum Gasteiger partial charge on any atom is -0.457 e. The molecule has 0 saturated carbocycles. The van der Waals surface area contributed by atoms with Gasteiger partial charge in [0.05, 0.1) is 6.20 Å². The fourth-order valence-corrected chi connectivity index (χ4v) is 2.68. The fourth-order valence-electron chi connectivity index (χ4n) is 2.68. The number of H-pyrrole nitrogens is 1. The Balaban J connectivity index is 1.48. The normalized spacial score (nSPS) is 12.8. The number of hydrazone groups is 1. The second kappa shape index (κ2) is 7.75. The van der Waals surface area contributed by atoms with Crippen LogP contribution in [0.5, 0.6) is 11.5 Å². The van der Waals surface area contributed by atoms with E-state index in [4.69, 9.17) is 4.74 Å².